The highest BCUT2D eigenvalue weighted by molar-refractivity contribution is 7.89. The van der Waals surface area contributed by atoms with Gasteiger partial charge in [0, 0.05) is 38.4 Å². The van der Waals surface area contributed by atoms with Gasteiger partial charge in [-0.1, -0.05) is 6.07 Å². The number of sulfonamides is 1. The molecule has 0 aliphatic carbocycles. The quantitative estimate of drug-likeness (QED) is 0.335. The number of carbonyl (C=O) groups excluding carboxylic acids is 2. The van der Waals surface area contributed by atoms with E-state index in [1.165, 1.54) is 22.5 Å². The lowest BCUT2D eigenvalue weighted by Gasteiger charge is -2.36. The summed E-state index contributed by atoms with van der Waals surface area (Å²) in [4.78, 5) is 26.6. The van der Waals surface area contributed by atoms with Crippen LogP contribution in [-0.2, 0) is 19.6 Å². The number of nitrogens with zero attached hydrogens (tertiary/aromatic N) is 2. The Hall–Kier alpha value is -3.20. The molecule has 2 aromatic carbocycles. The minimum Gasteiger partial charge on any atom is -0.491 e. The molecule has 1 N–H and O–H groups in total. The van der Waals surface area contributed by atoms with Gasteiger partial charge in [0.05, 0.1) is 24.9 Å². The maximum Gasteiger partial charge on any atom is 0.491 e. The molecule has 1 atom stereocenters. The standard InChI is InChI=1S/C28H34F3N3O7S/c1-19(2)40-22-10-8-21(9-11-22)32-26(35)23-6-3-7-24(25(23)41-27(36)28(29,30)31)42(37,38)34-12-4-5-20(18-34)17-33-13-15-39-16-14-33/h3,6-11,19-20H,4-5,12-18H2,1-2H3,(H,32,35). The molecule has 1 amide bonds. The molecule has 0 aromatic heterocycles. The number of piperidine rings is 1. The Balaban J connectivity index is 1.62. The first-order chi connectivity index (χ1) is 19.8. The highest BCUT2D eigenvalue weighted by atomic mass is 32.2. The number of para-hydroxylation sites is 1. The average Bonchev–Trinajstić information content (AvgIpc) is 2.94. The Morgan fingerprint density at radius 1 is 1.07 bits per heavy atom. The topological polar surface area (TPSA) is 114 Å². The molecule has 2 heterocycles. The van der Waals surface area contributed by atoms with Crippen molar-refractivity contribution in [1.82, 2.24) is 9.21 Å². The average molecular weight is 614 g/mol. The summed E-state index contributed by atoms with van der Waals surface area (Å²) in [6.07, 6.45) is -4.19. The van der Waals surface area contributed by atoms with Crippen LogP contribution in [0.15, 0.2) is 47.4 Å². The molecule has 0 saturated carbocycles. The van der Waals surface area contributed by atoms with E-state index in [9.17, 15) is 31.2 Å². The molecular weight excluding hydrogens is 579 g/mol. The van der Waals surface area contributed by atoms with Gasteiger partial charge in [0.1, 0.15) is 10.6 Å². The van der Waals surface area contributed by atoms with Gasteiger partial charge in [0.15, 0.2) is 5.75 Å². The van der Waals surface area contributed by atoms with Gasteiger partial charge in [-0.3, -0.25) is 9.69 Å². The number of rotatable bonds is 9. The fourth-order valence-corrected chi connectivity index (χ4v) is 6.61. The van der Waals surface area contributed by atoms with Crippen LogP contribution in [0.1, 0.15) is 37.0 Å². The smallest absolute Gasteiger partial charge is 0.491 e. The Bertz CT molecular complexity index is 1360. The van der Waals surface area contributed by atoms with Crippen LogP contribution in [0.5, 0.6) is 11.5 Å². The molecule has 2 fully saturated rings. The van der Waals surface area contributed by atoms with Crippen molar-refractivity contribution in [3.63, 3.8) is 0 Å². The summed E-state index contributed by atoms with van der Waals surface area (Å²) >= 11 is 0. The highest BCUT2D eigenvalue weighted by Gasteiger charge is 2.43. The van der Waals surface area contributed by atoms with E-state index in [1.807, 2.05) is 13.8 Å². The number of nitrogens with one attached hydrogen (secondary N) is 1. The van der Waals surface area contributed by atoms with Crippen LogP contribution in [0.4, 0.5) is 18.9 Å². The zero-order valence-electron chi connectivity index (χ0n) is 23.4. The molecular formula is C28H34F3N3O7S. The molecule has 14 heteroatoms. The Morgan fingerprint density at radius 3 is 2.40 bits per heavy atom. The van der Waals surface area contributed by atoms with E-state index in [0.29, 0.717) is 31.9 Å². The fraction of sp³-hybridized carbons (Fsp3) is 0.500. The van der Waals surface area contributed by atoms with Crippen molar-refractivity contribution in [2.45, 2.75) is 43.9 Å². The molecule has 0 bridgehead atoms. The third-order valence-electron chi connectivity index (χ3n) is 6.85. The molecule has 2 aliphatic rings. The number of anilines is 1. The number of alkyl halides is 3. The van der Waals surface area contributed by atoms with E-state index >= 15 is 0 Å². The van der Waals surface area contributed by atoms with Gasteiger partial charge in [0.2, 0.25) is 10.0 Å². The molecule has 42 heavy (non-hydrogen) atoms. The molecule has 230 valence electrons. The molecule has 4 rings (SSSR count). The molecule has 0 radical (unpaired) electrons. The molecule has 0 spiro atoms. The Kier molecular flexibility index (Phi) is 10.1. The maximum atomic E-state index is 13.8. The van der Waals surface area contributed by atoms with E-state index in [4.69, 9.17) is 9.47 Å². The SMILES string of the molecule is CC(C)Oc1ccc(NC(=O)c2cccc(S(=O)(=O)N3CCCC(CN4CCOCC4)C3)c2OC(=O)C(F)(F)F)cc1. The first-order valence-electron chi connectivity index (χ1n) is 13.6. The Morgan fingerprint density at radius 2 is 1.76 bits per heavy atom. The summed E-state index contributed by atoms with van der Waals surface area (Å²) in [5.74, 6) is -4.06. The molecule has 2 saturated heterocycles. The van der Waals surface area contributed by atoms with E-state index in [2.05, 4.69) is 15.0 Å². The van der Waals surface area contributed by atoms with Crippen LogP contribution in [0.2, 0.25) is 0 Å². The van der Waals surface area contributed by atoms with Crippen LogP contribution in [0, 0.1) is 5.92 Å². The first-order valence-corrected chi connectivity index (χ1v) is 15.1. The number of amides is 1. The number of hydrogen-bond acceptors (Lipinski definition) is 8. The molecule has 2 aromatic rings. The van der Waals surface area contributed by atoms with Crippen molar-refractivity contribution in [2.24, 2.45) is 5.92 Å². The Labute approximate surface area is 242 Å². The third kappa shape index (κ3) is 8.00. The second kappa shape index (κ2) is 13.4. The number of esters is 1. The van der Waals surface area contributed by atoms with Gasteiger partial charge in [-0.25, -0.2) is 13.2 Å². The van der Waals surface area contributed by atoms with Gasteiger partial charge >= 0.3 is 12.1 Å². The number of ether oxygens (including phenoxy) is 3. The minimum absolute atomic E-state index is 0.0121. The minimum atomic E-state index is -5.43. The fourth-order valence-electron chi connectivity index (χ4n) is 4.92. The van der Waals surface area contributed by atoms with E-state index in [-0.39, 0.29) is 30.8 Å². The van der Waals surface area contributed by atoms with Crippen molar-refractivity contribution < 1.29 is 45.4 Å². The first kappa shape index (κ1) is 31.7. The molecule has 2 aliphatic heterocycles. The van der Waals surface area contributed by atoms with Gasteiger partial charge in [-0.05, 0) is 69.0 Å². The zero-order chi connectivity index (χ0) is 30.5. The second-order valence-electron chi connectivity index (χ2n) is 10.4. The van der Waals surface area contributed by atoms with Crippen LogP contribution >= 0.6 is 0 Å². The predicted molar refractivity (Wildman–Crippen MR) is 147 cm³/mol. The lowest BCUT2D eigenvalue weighted by molar-refractivity contribution is -0.189. The molecule has 1 unspecified atom stereocenters. The van der Waals surface area contributed by atoms with Gasteiger partial charge in [0.25, 0.3) is 5.91 Å². The largest absolute Gasteiger partial charge is 0.491 e. The van der Waals surface area contributed by atoms with Crippen molar-refractivity contribution in [3.05, 3.63) is 48.0 Å². The summed E-state index contributed by atoms with van der Waals surface area (Å²) in [6, 6.07) is 9.56. The van der Waals surface area contributed by atoms with Crippen LogP contribution in [0.3, 0.4) is 0 Å². The normalized spacial score (nSPS) is 19.0. The molecule has 10 nitrogen and oxygen atoms in total. The number of benzene rings is 2. The summed E-state index contributed by atoms with van der Waals surface area (Å²) in [5, 5.41) is 2.51. The monoisotopic (exact) mass is 613 g/mol. The van der Waals surface area contributed by atoms with Crippen LogP contribution in [-0.4, -0.2) is 87.7 Å². The number of carbonyl (C=O) groups is 2. The van der Waals surface area contributed by atoms with Crippen molar-refractivity contribution in [1.29, 1.82) is 0 Å². The summed E-state index contributed by atoms with van der Waals surface area (Å²) in [5.41, 5.74) is -0.280. The van der Waals surface area contributed by atoms with E-state index in [0.717, 1.165) is 31.6 Å². The predicted octanol–water partition coefficient (Wildman–Crippen LogP) is 3.93. The summed E-state index contributed by atoms with van der Waals surface area (Å²) in [7, 11) is -4.45. The zero-order valence-corrected chi connectivity index (χ0v) is 24.2. The number of halogens is 3. The number of morpholine rings is 1. The van der Waals surface area contributed by atoms with Gasteiger partial charge in [-0.2, -0.15) is 17.5 Å². The lowest BCUT2D eigenvalue weighted by Crippen LogP contribution is -2.46. The summed E-state index contributed by atoms with van der Waals surface area (Å²) < 4.78 is 84.1. The van der Waals surface area contributed by atoms with Crippen LogP contribution < -0.4 is 14.8 Å². The van der Waals surface area contributed by atoms with Gasteiger partial charge < -0.3 is 19.5 Å². The summed E-state index contributed by atoms with van der Waals surface area (Å²) in [6.45, 7) is 7.24. The maximum absolute atomic E-state index is 13.8. The van der Waals surface area contributed by atoms with E-state index in [1.54, 1.807) is 12.1 Å². The number of hydrogen-bond donors (Lipinski definition) is 1. The highest BCUT2D eigenvalue weighted by Crippen LogP contribution is 2.35. The van der Waals surface area contributed by atoms with E-state index < -0.39 is 44.3 Å². The van der Waals surface area contributed by atoms with Gasteiger partial charge in [-0.15, -0.1) is 0 Å². The van der Waals surface area contributed by atoms with Crippen molar-refractivity contribution in [2.75, 3.05) is 51.3 Å². The second-order valence-corrected chi connectivity index (χ2v) is 12.4. The van der Waals surface area contributed by atoms with Crippen molar-refractivity contribution in [3.8, 4) is 11.5 Å². The van der Waals surface area contributed by atoms with Crippen LogP contribution in [0.25, 0.3) is 0 Å². The van der Waals surface area contributed by atoms with Crippen molar-refractivity contribution >= 4 is 27.6 Å². The lowest BCUT2D eigenvalue weighted by atomic mass is 9.99. The third-order valence-corrected chi connectivity index (χ3v) is 8.74.